The molecule has 6 heteroatoms. The maximum Gasteiger partial charge on any atom is 0.233 e. The number of fused-ring (bicyclic) bond motifs is 1. The lowest BCUT2D eigenvalue weighted by Gasteiger charge is -2.43. The van der Waals surface area contributed by atoms with E-state index in [0.717, 1.165) is 49.6 Å². The van der Waals surface area contributed by atoms with Crippen molar-refractivity contribution < 1.29 is 9.53 Å². The fourth-order valence-electron chi connectivity index (χ4n) is 3.31. The number of H-pyrrole nitrogens is 1. The standard InChI is InChI=1S/C17H22N4O2/c1-17(11-23-12-17)16(22)21-8-6-20(7-9-21)10-15-18-13-4-2-3-5-14(13)19-15/h2-5H,6-12H2,1H3,(H,18,19). The summed E-state index contributed by atoms with van der Waals surface area (Å²) >= 11 is 0. The van der Waals surface area contributed by atoms with E-state index >= 15 is 0 Å². The number of carbonyl (C=O) groups is 1. The zero-order chi connectivity index (χ0) is 15.9. The first-order chi connectivity index (χ1) is 11.1. The van der Waals surface area contributed by atoms with E-state index in [9.17, 15) is 4.79 Å². The summed E-state index contributed by atoms with van der Waals surface area (Å²) < 4.78 is 5.21. The first-order valence-electron chi connectivity index (χ1n) is 8.17. The molecular weight excluding hydrogens is 292 g/mol. The van der Waals surface area contributed by atoms with Gasteiger partial charge in [-0.05, 0) is 19.1 Å². The number of amides is 1. The van der Waals surface area contributed by atoms with E-state index < -0.39 is 0 Å². The van der Waals surface area contributed by atoms with Gasteiger partial charge in [0, 0.05) is 26.2 Å². The number of nitrogens with one attached hydrogen (secondary N) is 1. The molecule has 0 saturated carbocycles. The molecule has 0 radical (unpaired) electrons. The molecule has 0 aliphatic carbocycles. The molecule has 1 N–H and O–H groups in total. The highest BCUT2D eigenvalue weighted by atomic mass is 16.5. The number of imidazole rings is 1. The predicted molar refractivity (Wildman–Crippen MR) is 86.9 cm³/mol. The zero-order valence-electron chi connectivity index (χ0n) is 13.4. The molecule has 1 aromatic heterocycles. The lowest BCUT2D eigenvalue weighted by Crippen LogP contribution is -2.57. The second kappa shape index (κ2) is 5.62. The number of hydrogen-bond acceptors (Lipinski definition) is 4. The second-order valence-electron chi connectivity index (χ2n) is 6.82. The van der Waals surface area contributed by atoms with Gasteiger partial charge in [0.25, 0.3) is 0 Å². The fourth-order valence-corrected chi connectivity index (χ4v) is 3.31. The van der Waals surface area contributed by atoms with Crippen LogP contribution in [0.15, 0.2) is 24.3 Å². The van der Waals surface area contributed by atoms with E-state index in [4.69, 9.17) is 4.74 Å². The third-order valence-electron chi connectivity index (χ3n) is 4.83. The Morgan fingerprint density at radius 2 is 2.00 bits per heavy atom. The van der Waals surface area contributed by atoms with Crippen LogP contribution < -0.4 is 0 Å². The third kappa shape index (κ3) is 2.72. The normalized spacial score (nSPS) is 21.3. The van der Waals surface area contributed by atoms with E-state index in [2.05, 4.69) is 14.9 Å². The van der Waals surface area contributed by atoms with Crippen molar-refractivity contribution in [2.75, 3.05) is 39.4 Å². The molecule has 2 saturated heterocycles. The van der Waals surface area contributed by atoms with Crippen molar-refractivity contribution in [2.24, 2.45) is 5.41 Å². The maximum atomic E-state index is 12.5. The Kier molecular flexibility index (Phi) is 3.58. The number of piperazine rings is 1. The Morgan fingerprint density at radius 3 is 2.65 bits per heavy atom. The second-order valence-corrected chi connectivity index (χ2v) is 6.82. The molecule has 4 rings (SSSR count). The molecule has 3 heterocycles. The van der Waals surface area contributed by atoms with Crippen molar-refractivity contribution in [3.05, 3.63) is 30.1 Å². The molecule has 2 aromatic rings. The fraction of sp³-hybridized carbons (Fsp3) is 0.529. The SMILES string of the molecule is CC1(C(=O)N2CCN(Cc3nc4ccccc4[nH]3)CC2)COC1. The summed E-state index contributed by atoms with van der Waals surface area (Å²) in [5.41, 5.74) is 1.80. The molecule has 6 nitrogen and oxygen atoms in total. The van der Waals surface area contributed by atoms with Crippen LogP contribution in [0.1, 0.15) is 12.7 Å². The van der Waals surface area contributed by atoms with Crippen LogP contribution in [-0.2, 0) is 16.1 Å². The molecule has 0 unspecified atom stereocenters. The number of rotatable bonds is 3. The molecule has 23 heavy (non-hydrogen) atoms. The molecule has 1 amide bonds. The number of ether oxygens (including phenoxy) is 1. The smallest absolute Gasteiger partial charge is 0.233 e. The van der Waals surface area contributed by atoms with Crippen molar-refractivity contribution >= 4 is 16.9 Å². The first-order valence-corrected chi connectivity index (χ1v) is 8.17. The number of aromatic nitrogens is 2. The van der Waals surface area contributed by atoms with Crippen molar-refractivity contribution in [3.63, 3.8) is 0 Å². The largest absolute Gasteiger partial charge is 0.379 e. The van der Waals surface area contributed by atoms with Crippen LogP contribution in [0.25, 0.3) is 11.0 Å². The lowest BCUT2D eigenvalue weighted by atomic mass is 9.86. The molecule has 0 spiro atoms. The van der Waals surface area contributed by atoms with Crippen molar-refractivity contribution in [1.29, 1.82) is 0 Å². The molecule has 0 bridgehead atoms. The van der Waals surface area contributed by atoms with Crippen LogP contribution in [0.2, 0.25) is 0 Å². The van der Waals surface area contributed by atoms with Gasteiger partial charge in [0.1, 0.15) is 5.82 Å². The minimum Gasteiger partial charge on any atom is -0.379 e. The average molecular weight is 314 g/mol. The van der Waals surface area contributed by atoms with Crippen LogP contribution in [0.4, 0.5) is 0 Å². The van der Waals surface area contributed by atoms with E-state index in [-0.39, 0.29) is 11.3 Å². The predicted octanol–water partition coefficient (Wildman–Crippen LogP) is 1.24. The Morgan fingerprint density at radius 1 is 1.26 bits per heavy atom. The minimum absolute atomic E-state index is 0.243. The van der Waals surface area contributed by atoms with Gasteiger partial charge in [-0.15, -0.1) is 0 Å². The van der Waals surface area contributed by atoms with Gasteiger partial charge < -0.3 is 14.6 Å². The van der Waals surface area contributed by atoms with Crippen LogP contribution >= 0.6 is 0 Å². The Bertz CT molecular complexity index is 681. The summed E-state index contributed by atoms with van der Waals surface area (Å²) in [5, 5.41) is 0. The van der Waals surface area contributed by atoms with Gasteiger partial charge in [0.15, 0.2) is 0 Å². The Balaban J connectivity index is 1.35. The topological polar surface area (TPSA) is 61.5 Å². The summed E-state index contributed by atoms with van der Waals surface area (Å²) in [6.45, 7) is 7.27. The van der Waals surface area contributed by atoms with Crippen molar-refractivity contribution in [2.45, 2.75) is 13.5 Å². The summed E-state index contributed by atoms with van der Waals surface area (Å²) in [4.78, 5) is 24.8. The number of aromatic amines is 1. The summed E-state index contributed by atoms with van der Waals surface area (Å²) in [5.74, 6) is 1.23. The van der Waals surface area contributed by atoms with Gasteiger partial charge in [0.05, 0.1) is 36.2 Å². The highest BCUT2D eigenvalue weighted by molar-refractivity contribution is 5.83. The Labute approximate surface area is 135 Å². The molecule has 0 atom stereocenters. The van der Waals surface area contributed by atoms with Gasteiger partial charge in [-0.3, -0.25) is 9.69 Å². The zero-order valence-corrected chi connectivity index (χ0v) is 13.4. The summed E-state index contributed by atoms with van der Waals surface area (Å²) in [6, 6.07) is 8.08. The van der Waals surface area contributed by atoms with Gasteiger partial charge in [0.2, 0.25) is 5.91 Å². The third-order valence-corrected chi connectivity index (χ3v) is 4.83. The van der Waals surface area contributed by atoms with Crippen LogP contribution in [-0.4, -0.2) is 65.1 Å². The lowest BCUT2D eigenvalue weighted by molar-refractivity contribution is -0.170. The van der Waals surface area contributed by atoms with Gasteiger partial charge >= 0.3 is 0 Å². The summed E-state index contributed by atoms with van der Waals surface area (Å²) in [6.07, 6.45) is 0. The Hall–Kier alpha value is -1.92. The van der Waals surface area contributed by atoms with E-state index in [1.54, 1.807) is 0 Å². The molecule has 2 aliphatic rings. The molecule has 2 aliphatic heterocycles. The quantitative estimate of drug-likeness (QED) is 0.926. The summed E-state index contributed by atoms with van der Waals surface area (Å²) in [7, 11) is 0. The maximum absolute atomic E-state index is 12.5. The van der Waals surface area contributed by atoms with Crippen LogP contribution in [0.5, 0.6) is 0 Å². The molecule has 122 valence electrons. The van der Waals surface area contributed by atoms with E-state index in [1.165, 1.54) is 0 Å². The molecular formula is C17H22N4O2. The van der Waals surface area contributed by atoms with Crippen molar-refractivity contribution in [1.82, 2.24) is 19.8 Å². The van der Waals surface area contributed by atoms with E-state index in [1.807, 2.05) is 36.1 Å². The number of nitrogens with zero attached hydrogens (tertiary/aromatic N) is 3. The first kappa shape index (κ1) is 14.7. The van der Waals surface area contributed by atoms with Gasteiger partial charge in [-0.25, -0.2) is 4.98 Å². The number of para-hydroxylation sites is 2. The van der Waals surface area contributed by atoms with Gasteiger partial charge in [-0.2, -0.15) is 0 Å². The number of benzene rings is 1. The monoisotopic (exact) mass is 314 g/mol. The highest BCUT2D eigenvalue weighted by Crippen LogP contribution is 2.29. The molecule has 2 fully saturated rings. The van der Waals surface area contributed by atoms with Crippen molar-refractivity contribution in [3.8, 4) is 0 Å². The number of hydrogen-bond donors (Lipinski definition) is 1. The molecule has 1 aromatic carbocycles. The van der Waals surface area contributed by atoms with Gasteiger partial charge in [-0.1, -0.05) is 12.1 Å². The minimum atomic E-state index is -0.291. The van der Waals surface area contributed by atoms with Crippen LogP contribution in [0, 0.1) is 5.41 Å². The number of carbonyl (C=O) groups excluding carboxylic acids is 1. The van der Waals surface area contributed by atoms with E-state index in [0.29, 0.717) is 13.2 Å². The van der Waals surface area contributed by atoms with Crippen LogP contribution in [0.3, 0.4) is 0 Å². The average Bonchev–Trinajstić information content (AvgIpc) is 2.95. The highest BCUT2D eigenvalue weighted by Gasteiger charge is 2.44.